The van der Waals surface area contributed by atoms with Crippen molar-refractivity contribution in [2.45, 2.75) is 19.2 Å². The number of nitrogens with zero attached hydrogens (tertiary/aromatic N) is 1. The Labute approximate surface area is 144 Å². The molecule has 4 nitrogen and oxygen atoms in total. The summed E-state index contributed by atoms with van der Waals surface area (Å²) < 4.78 is 14.2. The second-order valence-electron chi connectivity index (χ2n) is 5.69. The molecule has 2 aromatic rings. The Morgan fingerprint density at radius 1 is 1.25 bits per heavy atom. The highest BCUT2D eigenvalue weighted by molar-refractivity contribution is 8.00. The molecule has 24 heavy (non-hydrogen) atoms. The van der Waals surface area contributed by atoms with E-state index in [-0.39, 0.29) is 17.2 Å². The van der Waals surface area contributed by atoms with Crippen LogP contribution in [0.4, 0.5) is 15.8 Å². The lowest BCUT2D eigenvalue weighted by atomic mass is 10.1. The number of carbonyl (C=O) groups is 2. The van der Waals surface area contributed by atoms with E-state index in [1.807, 2.05) is 19.1 Å². The minimum Gasteiger partial charge on any atom is -0.326 e. The fourth-order valence-corrected chi connectivity index (χ4v) is 3.84. The van der Waals surface area contributed by atoms with Gasteiger partial charge in [0.05, 0.1) is 11.4 Å². The molecule has 124 valence electrons. The molecule has 1 saturated heterocycles. The molecule has 0 saturated carbocycles. The van der Waals surface area contributed by atoms with Gasteiger partial charge in [-0.05, 0) is 42.3 Å². The van der Waals surface area contributed by atoms with Crippen molar-refractivity contribution in [1.29, 1.82) is 0 Å². The quantitative estimate of drug-likeness (QED) is 0.919. The Morgan fingerprint density at radius 3 is 2.62 bits per heavy atom. The molecule has 2 amide bonds. The van der Waals surface area contributed by atoms with Crippen LogP contribution < -0.4 is 10.2 Å². The van der Waals surface area contributed by atoms with Gasteiger partial charge in [-0.15, -0.1) is 11.8 Å². The van der Waals surface area contributed by atoms with Gasteiger partial charge in [-0.1, -0.05) is 18.2 Å². The van der Waals surface area contributed by atoms with E-state index in [1.54, 1.807) is 24.3 Å². The average molecular weight is 344 g/mol. The summed E-state index contributed by atoms with van der Waals surface area (Å²) in [5, 5.41) is 2.43. The van der Waals surface area contributed by atoms with E-state index < -0.39 is 5.82 Å². The number of hydrogen-bond donors (Lipinski definition) is 1. The van der Waals surface area contributed by atoms with Gasteiger partial charge in [-0.3, -0.25) is 14.5 Å². The van der Waals surface area contributed by atoms with Gasteiger partial charge in [0.25, 0.3) is 0 Å². The van der Waals surface area contributed by atoms with E-state index in [0.717, 1.165) is 11.1 Å². The van der Waals surface area contributed by atoms with Crippen molar-refractivity contribution in [3.8, 4) is 0 Å². The normalized spacial score (nSPS) is 17.2. The number of benzene rings is 2. The Kier molecular flexibility index (Phi) is 4.57. The molecule has 1 atom stereocenters. The number of halogens is 1. The van der Waals surface area contributed by atoms with E-state index in [2.05, 4.69) is 5.32 Å². The van der Waals surface area contributed by atoms with Crippen molar-refractivity contribution in [1.82, 2.24) is 0 Å². The van der Waals surface area contributed by atoms with Crippen LogP contribution in [0.3, 0.4) is 0 Å². The zero-order chi connectivity index (χ0) is 17.3. The standard InChI is InChI=1S/C18H17FN2O2S/c1-11-3-8-15(19)16(9-11)21-17(23)10-24-18(21)13-4-6-14(7-5-13)20-12(2)22/h3-9,18H,10H2,1-2H3,(H,20,22)/t18-/m0/s1. The first-order valence-corrected chi connectivity index (χ1v) is 8.58. The molecule has 0 unspecified atom stereocenters. The number of rotatable bonds is 3. The molecule has 0 spiro atoms. The van der Waals surface area contributed by atoms with E-state index in [1.165, 1.54) is 29.7 Å². The maximum Gasteiger partial charge on any atom is 0.238 e. The van der Waals surface area contributed by atoms with Gasteiger partial charge < -0.3 is 5.32 Å². The molecule has 0 aliphatic carbocycles. The number of hydrogen-bond acceptors (Lipinski definition) is 3. The molecular formula is C18H17FN2O2S. The highest BCUT2D eigenvalue weighted by Crippen LogP contribution is 2.42. The molecule has 1 aliphatic rings. The van der Waals surface area contributed by atoms with Gasteiger partial charge in [0.15, 0.2) is 0 Å². The van der Waals surface area contributed by atoms with Crippen LogP contribution in [0.1, 0.15) is 23.4 Å². The van der Waals surface area contributed by atoms with Crippen LogP contribution >= 0.6 is 11.8 Å². The molecule has 1 fully saturated rings. The summed E-state index contributed by atoms with van der Waals surface area (Å²) in [5.74, 6) is -0.348. The number of carbonyl (C=O) groups excluding carboxylic acids is 2. The maximum absolute atomic E-state index is 14.2. The van der Waals surface area contributed by atoms with Gasteiger partial charge in [-0.25, -0.2) is 4.39 Å². The van der Waals surface area contributed by atoms with Gasteiger partial charge in [0.2, 0.25) is 11.8 Å². The van der Waals surface area contributed by atoms with Crippen LogP contribution in [0.15, 0.2) is 42.5 Å². The van der Waals surface area contributed by atoms with Crippen molar-refractivity contribution in [3.63, 3.8) is 0 Å². The van der Waals surface area contributed by atoms with Crippen LogP contribution in [0, 0.1) is 12.7 Å². The summed E-state index contributed by atoms with van der Waals surface area (Å²) in [5.41, 5.74) is 2.78. The maximum atomic E-state index is 14.2. The molecule has 1 N–H and O–H groups in total. The average Bonchev–Trinajstić information content (AvgIpc) is 2.91. The smallest absolute Gasteiger partial charge is 0.238 e. The fraction of sp³-hybridized carbons (Fsp3) is 0.222. The molecule has 0 radical (unpaired) electrons. The van der Waals surface area contributed by atoms with Crippen molar-refractivity contribution >= 4 is 35.0 Å². The lowest BCUT2D eigenvalue weighted by molar-refractivity contribution is -0.116. The molecule has 1 heterocycles. The molecule has 6 heteroatoms. The van der Waals surface area contributed by atoms with Gasteiger partial charge >= 0.3 is 0 Å². The first kappa shape index (κ1) is 16.5. The number of aryl methyl sites for hydroxylation is 1. The predicted molar refractivity (Wildman–Crippen MR) is 94.6 cm³/mol. The second-order valence-corrected chi connectivity index (χ2v) is 6.75. The van der Waals surface area contributed by atoms with Crippen LogP contribution in [-0.2, 0) is 9.59 Å². The zero-order valence-corrected chi connectivity index (χ0v) is 14.2. The fourth-order valence-electron chi connectivity index (χ4n) is 2.67. The number of amides is 2. The monoisotopic (exact) mass is 344 g/mol. The topological polar surface area (TPSA) is 49.4 Å². The zero-order valence-electron chi connectivity index (χ0n) is 13.4. The second kappa shape index (κ2) is 6.65. The predicted octanol–water partition coefficient (Wildman–Crippen LogP) is 3.87. The highest BCUT2D eigenvalue weighted by atomic mass is 32.2. The lowest BCUT2D eigenvalue weighted by Crippen LogP contribution is -2.28. The van der Waals surface area contributed by atoms with Crippen LogP contribution in [0.2, 0.25) is 0 Å². The van der Waals surface area contributed by atoms with Crippen LogP contribution in [0.25, 0.3) is 0 Å². The molecule has 2 aromatic carbocycles. The largest absolute Gasteiger partial charge is 0.326 e. The third-order valence-corrected chi connectivity index (χ3v) is 4.96. The third-order valence-electron chi connectivity index (χ3n) is 3.75. The number of nitrogens with one attached hydrogen (secondary N) is 1. The molecule has 0 bridgehead atoms. The van der Waals surface area contributed by atoms with E-state index >= 15 is 0 Å². The van der Waals surface area contributed by atoms with E-state index in [9.17, 15) is 14.0 Å². The first-order chi connectivity index (χ1) is 11.5. The van der Waals surface area contributed by atoms with Crippen molar-refractivity contribution in [2.75, 3.05) is 16.0 Å². The van der Waals surface area contributed by atoms with Gasteiger partial charge in [0.1, 0.15) is 11.2 Å². The summed E-state index contributed by atoms with van der Waals surface area (Å²) in [7, 11) is 0. The Hall–Kier alpha value is -2.34. The molecule has 3 rings (SSSR count). The van der Waals surface area contributed by atoms with Gasteiger partial charge in [0, 0.05) is 12.6 Å². The summed E-state index contributed by atoms with van der Waals surface area (Å²) >= 11 is 1.46. The van der Waals surface area contributed by atoms with Crippen LogP contribution in [0.5, 0.6) is 0 Å². The minimum absolute atomic E-state index is 0.111. The SMILES string of the molecule is CC(=O)Nc1ccc([C@@H]2SCC(=O)N2c2cc(C)ccc2F)cc1. The summed E-state index contributed by atoms with van der Waals surface area (Å²) in [6, 6.07) is 12.0. The van der Waals surface area contributed by atoms with E-state index in [0.29, 0.717) is 17.1 Å². The number of anilines is 2. The summed E-state index contributed by atoms with van der Waals surface area (Å²) in [4.78, 5) is 24.9. The lowest BCUT2D eigenvalue weighted by Gasteiger charge is -2.25. The third kappa shape index (κ3) is 3.28. The Morgan fingerprint density at radius 2 is 1.96 bits per heavy atom. The van der Waals surface area contributed by atoms with Gasteiger partial charge in [-0.2, -0.15) is 0 Å². The first-order valence-electron chi connectivity index (χ1n) is 7.53. The highest BCUT2D eigenvalue weighted by Gasteiger charge is 2.35. The number of thioether (sulfide) groups is 1. The van der Waals surface area contributed by atoms with Crippen LogP contribution in [-0.4, -0.2) is 17.6 Å². The molecule has 0 aromatic heterocycles. The van der Waals surface area contributed by atoms with E-state index in [4.69, 9.17) is 0 Å². The van der Waals surface area contributed by atoms with Crippen molar-refractivity contribution in [3.05, 3.63) is 59.4 Å². The molecule has 1 aliphatic heterocycles. The van der Waals surface area contributed by atoms with Crippen molar-refractivity contribution < 1.29 is 14.0 Å². The van der Waals surface area contributed by atoms with Crippen molar-refractivity contribution in [2.24, 2.45) is 0 Å². The minimum atomic E-state index is -0.406. The Balaban J connectivity index is 1.93. The molecular weight excluding hydrogens is 327 g/mol. The summed E-state index contributed by atoms with van der Waals surface area (Å²) in [6.45, 7) is 3.31. The summed E-state index contributed by atoms with van der Waals surface area (Å²) in [6.07, 6.45) is 0. The Bertz CT molecular complexity index is 792.